The number of unbranched alkanes of at least 4 members (excludes halogenated alkanes) is 28. The summed E-state index contributed by atoms with van der Waals surface area (Å²) in [4.78, 5) is 24.0. The van der Waals surface area contributed by atoms with Gasteiger partial charge in [-0.3, -0.25) is 9.59 Å². The van der Waals surface area contributed by atoms with Crippen molar-refractivity contribution < 1.29 is 9.59 Å². The predicted molar refractivity (Wildman–Crippen MR) is 185 cm³/mol. The zero-order valence-corrected chi connectivity index (χ0v) is 28.6. The van der Waals surface area contributed by atoms with Crippen LogP contribution >= 0.6 is 0 Å². The van der Waals surface area contributed by atoms with Gasteiger partial charge in [-0.25, -0.2) is 0 Å². The number of amides is 2. The molecule has 0 bridgehead atoms. The van der Waals surface area contributed by atoms with Crippen LogP contribution in [-0.2, 0) is 9.59 Å². The van der Waals surface area contributed by atoms with E-state index in [-0.39, 0.29) is 11.8 Å². The fraction of sp³-hybridized carbons (Fsp3) is 0.895. The van der Waals surface area contributed by atoms with Gasteiger partial charge in [0.1, 0.15) is 0 Å². The van der Waals surface area contributed by atoms with Crippen LogP contribution in [0.1, 0.15) is 219 Å². The van der Waals surface area contributed by atoms with Gasteiger partial charge in [0.15, 0.2) is 0 Å². The quantitative estimate of drug-likeness (QED) is 0.0732. The molecule has 0 atom stereocenters. The number of carbonyl (C=O) groups is 2. The molecule has 0 aliphatic rings. The molecule has 0 aromatic carbocycles. The van der Waals surface area contributed by atoms with Crippen molar-refractivity contribution in [2.75, 3.05) is 0 Å². The van der Waals surface area contributed by atoms with E-state index in [0.29, 0.717) is 12.8 Å². The Morgan fingerprint density at radius 3 is 0.738 bits per heavy atom. The van der Waals surface area contributed by atoms with Gasteiger partial charge >= 0.3 is 0 Å². The lowest BCUT2D eigenvalue weighted by atomic mass is 10.0. The van der Waals surface area contributed by atoms with Crippen molar-refractivity contribution in [3.05, 3.63) is 12.4 Å². The first-order chi connectivity index (χ1) is 20.7. The summed E-state index contributed by atoms with van der Waals surface area (Å²) in [6.45, 7) is 4.56. The molecule has 0 fully saturated rings. The monoisotopic (exact) mass is 591 g/mol. The third-order valence-electron chi connectivity index (χ3n) is 8.59. The largest absolute Gasteiger partial charge is 0.331 e. The molecule has 0 aromatic heterocycles. The lowest BCUT2D eigenvalue weighted by molar-refractivity contribution is -0.121. The maximum Gasteiger partial charge on any atom is 0.223 e. The van der Waals surface area contributed by atoms with E-state index < -0.39 is 0 Å². The maximum absolute atomic E-state index is 12.0. The number of hydrogen-bond donors (Lipinski definition) is 2. The number of carbonyl (C=O) groups excluding carboxylic acids is 2. The molecule has 248 valence electrons. The number of rotatable bonds is 34. The Bertz CT molecular complexity index is 540. The van der Waals surface area contributed by atoms with Crippen LogP contribution < -0.4 is 10.6 Å². The molecule has 0 spiro atoms. The summed E-state index contributed by atoms with van der Waals surface area (Å²) in [6, 6.07) is 0. The molecule has 4 nitrogen and oxygen atoms in total. The minimum atomic E-state index is 0.0394. The highest BCUT2D eigenvalue weighted by molar-refractivity contribution is 5.78. The van der Waals surface area contributed by atoms with Crippen molar-refractivity contribution in [2.45, 2.75) is 219 Å². The average molecular weight is 591 g/mol. The van der Waals surface area contributed by atoms with Crippen molar-refractivity contribution in [1.82, 2.24) is 10.6 Å². The highest BCUT2D eigenvalue weighted by atomic mass is 16.2. The van der Waals surface area contributed by atoms with Gasteiger partial charge in [0, 0.05) is 25.2 Å². The Balaban J connectivity index is 3.33. The van der Waals surface area contributed by atoms with E-state index in [9.17, 15) is 9.59 Å². The Morgan fingerprint density at radius 1 is 0.333 bits per heavy atom. The third kappa shape index (κ3) is 34.9. The zero-order chi connectivity index (χ0) is 30.6. The normalized spacial score (nSPS) is 11.4. The fourth-order valence-electron chi connectivity index (χ4n) is 5.73. The van der Waals surface area contributed by atoms with E-state index in [1.165, 1.54) is 167 Å². The summed E-state index contributed by atoms with van der Waals surface area (Å²) in [5.41, 5.74) is 0. The highest BCUT2D eigenvalue weighted by Crippen LogP contribution is 2.15. The molecule has 0 radical (unpaired) electrons. The average Bonchev–Trinajstić information content (AvgIpc) is 2.99. The van der Waals surface area contributed by atoms with Crippen LogP contribution in [0.2, 0.25) is 0 Å². The van der Waals surface area contributed by atoms with Gasteiger partial charge in [-0.2, -0.15) is 0 Å². The van der Waals surface area contributed by atoms with E-state index >= 15 is 0 Å². The first-order valence-corrected chi connectivity index (χ1v) is 18.9. The van der Waals surface area contributed by atoms with Crippen LogP contribution in [0.4, 0.5) is 0 Å². The Morgan fingerprint density at radius 2 is 0.524 bits per heavy atom. The van der Waals surface area contributed by atoms with Crippen LogP contribution in [0, 0.1) is 0 Å². The molecule has 42 heavy (non-hydrogen) atoms. The summed E-state index contributed by atoms with van der Waals surface area (Å²) >= 11 is 0. The molecule has 0 aliphatic carbocycles. The zero-order valence-electron chi connectivity index (χ0n) is 28.6. The number of nitrogens with one attached hydrogen (secondary N) is 2. The minimum Gasteiger partial charge on any atom is -0.331 e. The van der Waals surface area contributed by atoms with Crippen LogP contribution in [0.25, 0.3) is 0 Å². The summed E-state index contributed by atoms with van der Waals surface area (Å²) < 4.78 is 0. The second kappa shape index (κ2) is 35.9. The van der Waals surface area contributed by atoms with E-state index in [1.54, 1.807) is 12.4 Å². The van der Waals surface area contributed by atoms with Gasteiger partial charge < -0.3 is 10.6 Å². The molecule has 4 heteroatoms. The lowest BCUT2D eigenvalue weighted by Crippen LogP contribution is -2.20. The van der Waals surface area contributed by atoms with Crippen LogP contribution in [0.3, 0.4) is 0 Å². The summed E-state index contributed by atoms with van der Waals surface area (Å²) in [6.07, 6.45) is 44.2. The van der Waals surface area contributed by atoms with Gasteiger partial charge in [0.05, 0.1) is 0 Å². The first-order valence-electron chi connectivity index (χ1n) is 18.9. The van der Waals surface area contributed by atoms with Crippen LogP contribution in [-0.4, -0.2) is 11.8 Å². The van der Waals surface area contributed by atoms with Crippen molar-refractivity contribution in [2.24, 2.45) is 0 Å². The van der Waals surface area contributed by atoms with Gasteiger partial charge in [0.25, 0.3) is 0 Å². The van der Waals surface area contributed by atoms with Crippen molar-refractivity contribution in [1.29, 1.82) is 0 Å². The van der Waals surface area contributed by atoms with E-state index in [2.05, 4.69) is 24.5 Å². The van der Waals surface area contributed by atoms with Crippen LogP contribution in [0.5, 0.6) is 0 Å². The molecule has 0 saturated carbocycles. The maximum atomic E-state index is 12.0. The molecule has 0 unspecified atom stereocenters. The van der Waals surface area contributed by atoms with E-state index in [1.807, 2.05) is 0 Å². The summed E-state index contributed by atoms with van der Waals surface area (Å²) in [5, 5.41) is 5.55. The second-order valence-electron chi connectivity index (χ2n) is 12.9. The third-order valence-corrected chi connectivity index (χ3v) is 8.59. The van der Waals surface area contributed by atoms with Crippen LogP contribution in [0.15, 0.2) is 12.4 Å². The van der Waals surface area contributed by atoms with Crippen molar-refractivity contribution in [3.63, 3.8) is 0 Å². The van der Waals surface area contributed by atoms with Crippen molar-refractivity contribution >= 4 is 11.8 Å². The SMILES string of the molecule is CCCCCCCCCCCCCCCCCC(=O)NC=CNC(=O)CCCCCCCCCCCCCCCCC. The molecular weight excluding hydrogens is 516 g/mol. The number of hydrogen-bond acceptors (Lipinski definition) is 2. The van der Waals surface area contributed by atoms with Gasteiger partial charge in [-0.15, -0.1) is 0 Å². The smallest absolute Gasteiger partial charge is 0.223 e. The first kappa shape index (κ1) is 40.7. The molecule has 0 aliphatic heterocycles. The molecule has 2 amide bonds. The van der Waals surface area contributed by atoms with Gasteiger partial charge in [-0.1, -0.05) is 194 Å². The highest BCUT2D eigenvalue weighted by Gasteiger charge is 2.01. The van der Waals surface area contributed by atoms with E-state index in [0.717, 1.165) is 25.7 Å². The lowest BCUT2D eigenvalue weighted by Gasteiger charge is -2.04. The van der Waals surface area contributed by atoms with Gasteiger partial charge in [0.2, 0.25) is 11.8 Å². The molecular formula is C38H74N2O2. The molecule has 0 heterocycles. The second-order valence-corrected chi connectivity index (χ2v) is 12.9. The Labute approximate surface area is 263 Å². The fourth-order valence-corrected chi connectivity index (χ4v) is 5.73. The van der Waals surface area contributed by atoms with E-state index in [4.69, 9.17) is 0 Å². The Hall–Kier alpha value is -1.32. The molecule has 2 N–H and O–H groups in total. The standard InChI is InChI=1S/C38H74N2O2/c1-3-5-7-9-11-13-15-17-19-21-23-25-27-29-31-33-37(41)39-35-36-40-38(42)34-32-30-28-26-24-22-20-18-16-14-12-10-8-6-4-2/h35-36H,3-34H2,1-2H3,(H,39,41)(H,40,42). The minimum absolute atomic E-state index is 0.0394. The summed E-state index contributed by atoms with van der Waals surface area (Å²) in [5.74, 6) is 0.0789. The molecule has 0 aromatic rings. The predicted octanol–water partition coefficient (Wildman–Crippen LogP) is 12.2. The molecule has 0 saturated heterocycles. The Kier molecular flexibility index (Phi) is 34.7. The van der Waals surface area contributed by atoms with Crippen molar-refractivity contribution in [3.8, 4) is 0 Å². The molecule has 0 rings (SSSR count). The van der Waals surface area contributed by atoms with Gasteiger partial charge in [-0.05, 0) is 12.8 Å². The summed E-state index contributed by atoms with van der Waals surface area (Å²) in [7, 11) is 0. The topological polar surface area (TPSA) is 58.2 Å².